The summed E-state index contributed by atoms with van der Waals surface area (Å²) in [5.74, 6) is -2.46. The summed E-state index contributed by atoms with van der Waals surface area (Å²) in [5.41, 5.74) is -4.90. The van der Waals surface area contributed by atoms with Gasteiger partial charge in [0.25, 0.3) is 0 Å². The number of likely N-dealkylation sites (N-methyl/N-ethyl adjacent to an activating group) is 1. The molecule has 3 fully saturated rings. The predicted octanol–water partition coefficient (Wildman–Crippen LogP) is 2.18. The molecule has 0 spiro atoms. The van der Waals surface area contributed by atoms with Crippen molar-refractivity contribution in [3.05, 3.63) is 0 Å². The van der Waals surface area contributed by atoms with Crippen LogP contribution in [0.15, 0.2) is 0 Å². The topological polar surface area (TPSA) is 194 Å². The monoisotopic (exact) mass is 771 g/mol. The molecule has 3 saturated heterocycles. The van der Waals surface area contributed by atoms with Crippen LogP contribution in [-0.4, -0.2) is 147 Å². The van der Waals surface area contributed by atoms with E-state index in [1.54, 1.807) is 41.5 Å². The van der Waals surface area contributed by atoms with Gasteiger partial charge in [0, 0.05) is 50.3 Å². The standard InChI is InChI=1S/C40H69NO13/c1-14-16-17-41(12)27-18-22(4)50-37(31(27)43)54-35-24(6)32(53-29-20-39(10,49-13)34(45)26(8)51-29)25(7)36(46)52-28(15-2)40(11,48)33(44)23(5)30(42)21(3)19-38(35,9)47/h1,21-29,31-35,37,43-45,47-48H,15-20H2,2-13H3/t21-,22-,23+,24+,25-,26+,27+,28-,29+,31-,32+,33-,34+,35-,37+,38-,39-,40-/m1/s1. The summed E-state index contributed by atoms with van der Waals surface area (Å²) in [7, 11) is 3.34. The molecule has 3 aliphatic heterocycles. The lowest BCUT2D eigenvalue weighted by Crippen LogP contribution is -2.61. The van der Waals surface area contributed by atoms with Crippen molar-refractivity contribution < 1.29 is 63.5 Å². The van der Waals surface area contributed by atoms with Crippen LogP contribution in [0.5, 0.6) is 0 Å². The number of ether oxygens (including phenoxy) is 6. The van der Waals surface area contributed by atoms with Crippen LogP contribution in [0, 0.1) is 36.0 Å². The number of terminal acetylenes is 1. The molecule has 3 heterocycles. The molecule has 0 aromatic carbocycles. The summed E-state index contributed by atoms with van der Waals surface area (Å²) in [5, 5.41) is 58.1. The van der Waals surface area contributed by atoms with Gasteiger partial charge in [-0.25, -0.2) is 0 Å². The molecule has 312 valence electrons. The van der Waals surface area contributed by atoms with Crippen molar-refractivity contribution >= 4 is 11.8 Å². The zero-order chi connectivity index (χ0) is 41.1. The average Bonchev–Trinajstić information content (AvgIpc) is 3.11. The van der Waals surface area contributed by atoms with Gasteiger partial charge in [-0.15, -0.1) is 12.3 Å². The SMILES string of the molecule is C#CCCN(C)[C@H]1C[C@@H](C)O[C@@H](O[C@@H]2[C@@H](C)[C@H](O[C@H]3C[C@@](C)(OC)[C@@H](O)[C@H](C)O3)[C@@H](C)C(=O)O[C@H](CC)[C@@](C)(O)[C@H](O)[C@@H](C)C(=O)[C@H](C)C[C@@]2(C)O)[C@@H]1O. The van der Waals surface area contributed by atoms with Crippen molar-refractivity contribution in [3.63, 3.8) is 0 Å². The Morgan fingerprint density at radius 3 is 2.15 bits per heavy atom. The third-order valence-corrected chi connectivity index (χ3v) is 12.3. The Bertz CT molecular complexity index is 1290. The number of ketones is 1. The van der Waals surface area contributed by atoms with Gasteiger partial charge in [0.15, 0.2) is 12.6 Å². The minimum absolute atomic E-state index is 0.0808. The van der Waals surface area contributed by atoms with Gasteiger partial charge in [-0.1, -0.05) is 27.7 Å². The summed E-state index contributed by atoms with van der Waals surface area (Å²) >= 11 is 0. The van der Waals surface area contributed by atoms with E-state index in [1.165, 1.54) is 27.9 Å². The quantitative estimate of drug-likeness (QED) is 0.169. The summed E-state index contributed by atoms with van der Waals surface area (Å²) in [6, 6.07) is -0.399. The Kier molecular flexibility index (Phi) is 16.1. The minimum Gasteiger partial charge on any atom is -0.459 e. The number of hydrogen-bond acceptors (Lipinski definition) is 14. The van der Waals surface area contributed by atoms with Crippen LogP contribution in [0.1, 0.15) is 101 Å². The average molecular weight is 772 g/mol. The smallest absolute Gasteiger partial charge is 0.311 e. The van der Waals surface area contributed by atoms with Gasteiger partial charge >= 0.3 is 5.97 Å². The maximum atomic E-state index is 14.1. The number of cyclic esters (lactones) is 1. The number of nitrogens with zero attached hydrogens (tertiary/aromatic N) is 1. The lowest BCUT2D eigenvalue weighted by molar-refractivity contribution is -0.318. The predicted molar refractivity (Wildman–Crippen MR) is 199 cm³/mol. The van der Waals surface area contributed by atoms with E-state index in [0.29, 0.717) is 19.4 Å². The maximum absolute atomic E-state index is 14.1. The van der Waals surface area contributed by atoms with Gasteiger partial charge in [-0.05, 0) is 67.9 Å². The van der Waals surface area contributed by atoms with Crippen LogP contribution < -0.4 is 0 Å². The first-order valence-corrected chi connectivity index (χ1v) is 19.5. The molecule has 18 atom stereocenters. The molecule has 0 aliphatic carbocycles. The normalized spacial score (nSPS) is 47.5. The number of aliphatic hydroxyl groups excluding tert-OH is 3. The number of carbonyl (C=O) groups excluding carboxylic acids is 2. The van der Waals surface area contributed by atoms with E-state index >= 15 is 0 Å². The van der Waals surface area contributed by atoms with E-state index in [4.69, 9.17) is 34.8 Å². The largest absolute Gasteiger partial charge is 0.459 e. The Morgan fingerprint density at radius 1 is 0.944 bits per heavy atom. The zero-order valence-electron chi connectivity index (χ0n) is 34.4. The summed E-state index contributed by atoms with van der Waals surface area (Å²) in [6.45, 7) is 16.8. The molecule has 0 bridgehead atoms. The van der Waals surface area contributed by atoms with Crippen molar-refractivity contribution in [1.29, 1.82) is 0 Å². The number of Topliss-reactive ketones (excluding diaryl/α,β-unsaturated/α-hetero) is 1. The highest BCUT2D eigenvalue weighted by molar-refractivity contribution is 5.83. The lowest BCUT2D eigenvalue weighted by atomic mass is 9.74. The van der Waals surface area contributed by atoms with E-state index in [-0.39, 0.29) is 25.4 Å². The Labute approximate surface area is 322 Å². The molecular weight excluding hydrogens is 702 g/mol. The molecule has 3 rings (SSSR count). The van der Waals surface area contributed by atoms with Crippen LogP contribution in [0.25, 0.3) is 0 Å². The van der Waals surface area contributed by atoms with Gasteiger partial charge in [-0.2, -0.15) is 0 Å². The van der Waals surface area contributed by atoms with Gasteiger partial charge in [0.2, 0.25) is 0 Å². The number of carbonyl (C=O) groups is 2. The first-order chi connectivity index (χ1) is 25.0. The molecule has 0 saturated carbocycles. The first kappa shape index (κ1) is 46.6. The van der Waals surface area contributed by atoms with Crippen molar-refractivity contribution in [2.75, 3.05) is 20.7 Å². The minimum atomic E-state index is -2.01. The van der Waals surface area contributed by atoms with E-state index in [2.05, 4.69) is 5.92 Å². The summed E-state index contributed by atoms with van der Waals surface area (Å²) in [6.07, 6.45) is -4.10. The summed E-state index contributed by atoms with van der Waals surface area (Å²) in [4.78, 5) is 30.0. The number of aliphatic hydroxyl groups is 5. The van der Waals surface area contributed by atoms with Crippen LogP contribution in [0.2, 0.25) is 0 Å². The van der Waals surface area contributed by atoms with E-state index in [9.17, 15) is 35.1 Å². The second kappa shape index (κ2) is 18.7. The second-order valence-corrected chi connectivity index (χ2v) is 16.9. The Hall–Kier alpha value is -1.74. The van der Waals surface area contributed by atoms with Crippen molar-refractivity contribution in [3.8, 4) is 12.3 Å². The second-order valence-electron chi connectivity index (χ2n) is 16.9. The van der Waals surface area contributed by atoms with Gasteiger partial charge in [0.1, 0.15) is 29.7 Å². The van der Waals surface area contributed by atoms with Crippen molar-refractivity contribution in [2.24, 2.45) is 23.7 Å². The fourth-order valence-corrected chi connectivity index (χ4v) is 8.74. The molecule has 0 amide bonds. The fraction of sp³-hybridized carbons (Fsp3) is 0.900. The molecular formula is C40H69NO13. The highest BCUT2D eigenvalue weighted by Crippen LogP contribution is 2.41. The number of hydrogen-bond donors (Lipinski definition) is 5. The highest BCUT2D eigenvalue weighted by Gasteiger charge is 2.53. The third-order valence-electron chi connectivity index (χ3n) is 12.3. The lowest BCUT2D eigenvalue weighted by Gasteiger charge is -2.49. The Morgan fingerprint density at radius 2 is 1.57 bits per heavy atom. The Balaban J connectivity index is 2.18. The molecule has 5 N–H and O–H groups in total. The highest BCUT2D eigenvalue weighted by atomic mass is 16.7. The summed E-state index contributed by atoms with van der Waals surface area (Å²) < 4.78 is 37.3. The van der Waals surface area contributed by atoms with Crippen LogP contribution in [-0.2, 0) is 38.0 Å². The third kappa shape index (κ3) is 10.2. The van der Waals surface area contributed by atoms with E-state index < -0.39 is 114 Å². The van der Waals surface area contributed by atoms with Crippen molar-refractivity contribution in [1.82, 2.24) is 4.90 Å². The molecule has 0 aromatic rings. The molecule has 0 radical (unpaired) electrons. The van der Waals surface area contributed by atoms with Gasteiger partial charge in [0.05, 0.1) is 47.6 Å². The molecule has 14 heteroatoms. The molecule has 54 heavy (non-hydrogen) atoms. The molecule has 3 aliphatic rings. The van der Waals surface area contributed by atoms with Crippen LogP contribution in [0.3, 0.4) is 0 Å². The van der Waals surface area contributed by atoms with E-state index in [1.807, 2.05) is 18.9 Å². The number of rotatable bonds is 9. The molecule has 0 aromatic heterocycles. The van der Waals surface area contributed by atoms with Crippen LogP contribution in [0.4, 0.5) is 0 Å². The first-order valence-electron chi connectivity index (χ1n) is 19.5. The van der Waals surface area contributed by atoms with Gasteiger partial charge in [-0.3, -0.25) is 14.5 Å². The number of esters is 1. The van der Waals surface area contributed by atoms with Gasteiger partial charge < -0.3 is 54.0 Å². The maximum Gasteiger partial charge on any atom is 0.311 e. The number of methoxy groups -OCH3 is 1. The molecule has 14 nitrogen and oxygen atoms in total. The van der Waals surface area contributed by atoms with Crippen molar-refractivity contribution in [2.45, 2.75) is 186 Å². The van der Waals surface area contributed by atoms with Crippen LogP contribution >= 0.6 is 0 Å². The fourth-order valence-electron chi connectivity index (χ4n) is 8.74. The van der Waals surface area contributed by atoms with E-state index in [0.717, 1.165) is 0 Å². The molecule has 0 unspecified atom stereocenters. The zero-order valence-corrected chi connectivity index (χ0v) is 34.4.